The third-order valence-electron chi connectivity index (χ3n) is 7.03. The molecule has 242 valence electrons. The number of rotatable bonds is 11. The summed E-state index contributed by atoms with van der Waals surface area (Å²) >= 11 is 0. The van der Waals surface area contributed by atoms with Crippen LogP contribution in [0.4, 0.5) is 4.79 Å². The average Bonchev–Trinajstić information content (AvgIpc) is 3.01. The van der Waals surface area contributed by atoms with Crippen LogP contribution in [0.15, 0.2) is 103 Å². The van der Waals surface area contributed by atoms with E-state index in [9.17, 15) is 23.4 Å². The highest BCUT2D eigenvalue weighted by Crippen LogP contribution is 2.34. The first kappa shape index (κ1) is 34.4. The number of esters is 1. The Morgan fingerprint density at radius 2 is 1.37 bits per heavy atom. The number of hydrogen-bond acceptors (Lipinski definition) is 7. The number of benzene rings is 3. The molecule has 5 unspecified atom stereocenters. The van der Waals surface area contributed by atoms with Crippen LogP contribution < -0.4 is 10.6 Å². The molecule has 1 saturated heterocycles. The maximum atomic E-state index is 13.8. The third kappa shape index (κ3) is 8.21. The fourth-order valence-electron chi connectivity index (χ4n) is 5.01. The van der Waals surface area contributed by atoms with Gasteiger partial charge in [0.2, 0.25) is 11.8 Å². The molecular formula is C34H36ClN3O7S. The molecule has 0 spiro atoms. The van der Waals surface area contributed by atoms with Crippen molar-refractivity contribution in [1.29, 1.82) is 0 Å². The van der Waals surface area contributed by atoms with E-state index in [1.807, 2.05) is 60.7 Å². The van der Waals surface area contributed by atoms with Gasteiger partial charge in [0, 0.05) is 0 Å². The van der Waals surface area contributed by atoms with Gasteiger partial charge in [-0.15, -0.1) is 0 Å². The monoisotopic (exact) mass is 665 g/mol. The summed E-state index contributed by atoms with van der Waals surface area (Å²) in [6, 6.07) is 22.5. The molecular weight excluding hydrogens is 630 g/mol. The van der Waals surface area contributed by atoms with Crippen LogP contribution in [0.3, 0.4) is 0 Å². The lowest BCUT2D eigenvalue weighted by molar-refractivity contribution is -0.165. The highest BCUT2D eigenvalue weighted by atomic mass is 35.7. The zero-order valence-electron chi connectivity index (χ0n) is 25.8. The lowest BCUT2D eigenvalue weighted by Crippen LogP contribution is -2.75. The van der Waals surface area contributed by atoms with E-state index in [0.29, 0.717) is 16.7 Å². The van der Waals surface area contributed by atoms with Crippen LogP contribution in [0.25, 0.3) is 0 Å². The molecule has 10 nitrogen and oxygen atoms in total. The first-order chi connectivity index (χ1) is 21.8. The second-order valence-electron chi connectivity index (χ2n) is 11.7. The molecule has 0 saturated carbocycles. The van der Waals surface area contributed by atoms with Crippen LogP contribution in [-0.2, 0) is 33.9 Å². The van der Waals surface area contributed by atoms with Crippen LogP contribution in [-0.4, -0.2) is 56.0 Å². The van der Waals surface area contributed by atoms with E-state index in [-0.39, 0.29) is 5.57 Å². The Labute approximate surface area is 275 Å². The molecule has 2 N–H and O–H groups in total. The second-order valence-corrected chi connectivity index (χ2v) is 13.6. The third-order valence-corrected chi connectivity index (χ3v) is 8.46. The van der Waals surface area contributed by atoms with E-state index >= 15 is 0 Å². The minimum Gasteiger partial charge on any atom is -0.451 e. The van der Waals surface area contributed by atoms with E-state index in [2.05, 4.69) is 17.2 Å². The minimum absolute atomic E-state index is 0.240. The van der Waals surface area contributed by atoms with Crippen molar-refractivity contribution in [2.75, 3.05) is 0 Å². The first-order valence-corrected chi connectivity index (χ1v) is 16.5. The molecule has 3 aromatic rings. The van der Waals surface area contributed by atoms with E-state index in [1.54, 1.807) is 51.1 Å². The molecule has 12 heteroatoms. The highest BCUT2D eigenvalue weighted by Gasteiger charge is 2.57. The normalized spacial score (nSPS) is 18.0. The summed E-state index contributed by atoms with van der Waals surface area (Å²) in [5.41, 5.74) is 1.21. The largest absolute Gasteiger partial charge is 0.451 e. The minimum atomic E-state index is -2.24. The van der Waals surface area contributed by atoms with Crippen LogP contribution in [0.2, 0.25) is 0 Å². The number of nitrogens with zero attached hydrogens (tertiary/aromatic N) is 1. The van der Waals surface area contributed by atoms with Crippen LogP contribution in [0.5, 0.6) is 0 Å². The Kier molecular flexibility index (Phi) is 11.0. The van der Waals surface area contributed by atoms with Gasteiger partial charge in [0.15, 0.2) is 17.5 Å². The number of ether oxygens (including phenoxy) is 2. The van der Waals surface area contributed by atoms with E-state index in [0.717, 1.165) is 4.90 Å². The molecule has 4 rings (SSSR count). The number of halogens is 1. The molecule has 0 aliphatic carbocycles. The van der Waals surface area contributed by atoms with Gasteiger partial charge in [0.25, 0.3) is 0 Å². The van der Waals surface area contributed by atoms with Gasteiger partial charge in [-0.25, -0.2) is 13.8 Å². The Morgan fingerprint density at radius 3 is 1.80 bits per heavy atom. The zero-order valence-corrected chi connectivity index (χ0v) is 27.4. The van der Waals surface area contributed by atoms with Crippen molar-refractivity contribution in [3.05, 3.63) is 120 Å². The number of hydrogen-bond donors (Lipinski definition) is 2. The molecule has 1 heterocycles. The fourth-order valence-corrected chi connectivity index (χ4v) is 6.38. The number of likely N-dealkylation sites (tertiary alicyclic amines) is 1. The molecule has 3 aromatic carbocycles. The Morgan fingerprint density at radius 1 is 0.891 bits per heavy atom. The summed E-state index contributed by atoms with van der Waals surface area (Å²) in [4.78, 5) is 54.6. The number of amides is 3. The fraction of sp³-hybridized carbons (Fsp3) is 0.294. The SMILES string of the molecule is C=C(C)C(C(=O)OC(c1ccccc1)c1ccccc1)N1C(=O)C(NC(=O)C(NC(=O)OC(C)(C)C)c2ccccc2)C1S(=O)Cl. The van der Waals surface area contributed by atoms with Gasteiger partial charge < -0.3 is 25.0 Å². The van der Waals surface area contributed by atoms with Crippen LogP contribution in [0.1, 0.15) is 56.5 Å². The van der Waals surface area contributed by atoms with E-state index < -0.39 is 69.1 Å². The lowest BCUT2D eigenvalue weighted by atomic mass is 9.97. The highest BCUT2D eigenvalue weighted by molar-refractivity contribution is 8.08. The maximum Gasteiger partial charge on any atom is 0.408 e. The molecule has 0 bridgehead atoms. The van der Waals surface area contributed by atoms with E-state index in [1.165, 1.54) is 6.92 Å². The van der Waals surface area contributed by atoms with E-state index in [4.69, 9.17) is 20.2 Å². The van der Waals surface area contributed by atoms with Gasteiger partial charge in [-0.05, 0) is 60.6 Å². The molecule has 3 amide bonds. The Hall–Kier alpha value is -4.48. The molecule has 1 aliphatic rings. The Bertz CT molecular complexity index is 1560. The number of carbonyl (C=O) groups is 4. The van der Waals surface area contributed by atoms with Gasteiger partial charge in [0.05, 0.1) is 0 Å². The topological polar surface area (TPSA) is 131 Å². The van der Waals surface area contributed by atoms with Gasteiger partial charge in [-0.1, -0.05) is 97.6 Å². The smallest absolute Gasteiger partial charge is 0.408 e. The predicted molar refractivity (Wildman–Crippen MR) is 175 cm³/mol. The van der Waals surface area contributed by atoms with Gasteiger partial charge >= 0.3 is 12.1 Å². The summed E-state index contributed by atoms with van der Waals surface area (Å²) in [6.07, 6.45) is -1.67. The summed E-state index contributed by atoms with van der Waals surface area (Å²) in [6.45, 7) is 10.5. The van der Waals surface area contributed by atoms with Gasteiger partial charge in [-0.3, -0.25) is 9.59 Å². The van der Waals surface area contributed by atoms with Crippen LogP contribution >= 0.6 is 10.7 Å². The summed E-state index contributed by atoms with van der Waals surface area (Å²) < 4.78 is 24.1. The predicted octanol–water partition coefficient (Wildman–Crippen LogP) is 5.09. The number of carbonyl (C=O) groups excluding carboxylic acids is 4. The number of nitrogens with one attached hydrogen (secondary N) is 2. The standard InChI is InChI=1S/C34H36ClN3O7S/c1-21(2)27(32(41)44-28(23-17-11-7-12-18-23)24-19-13-8-14-20-24)38-30(40)26(31(38)46(35)43)36-29(39)25(22-15-9-6-10-16-22)37-33(42)45-34(3,4)5/h6-20,25-28,31H,1H2,2-5H3,(H,36,39)(H,37,42). The van der Waals surface area contributed by atoms with Gasteiger partial charge in [-0.2, -0.15) is 0 Å². The first-order valence-electron chi connectivity index (χ1n) is 14.5. The molecule has 0 radical (unpaired) electrons. The van der Waals surface area contributed by atoms with Crippen LogP contribution in [0, 0.1) is 0 Å². The zero-order chi connectivity index (χ0) is 33.6. The van der Waals surface area contributed by atoms with Crippen molar-refractivity contribution in [1.82, 2.24) is 15.5 Å². The second kappa shape index (κ2) is 14.7. The summed E-state index contributed by atoms with van der Waals surface area (Å²) in [5.74, 6) is -2.31. The number of β-lactam (4-membered cyclic amide) rings is 1. The Balaban J connectivity index is 1.57. The number of alkyl carbamates (subject to hydrolysis) is 1. The molecule has 0 aromatic heterocycles. The summed E-state index contributed by atoms with van der Waals surface area (Å²) in [5, 5.41) is 3.78. The lowest BCUT2D eigenvalue weighted by Gasteiger charge is -2.48. The van der Waals surface area contributed by atoms with Crippen molar-refractivity contribution in [3.63, 3.8) is 0 Å². The molecule has 1 fully saturated rings. The quantitative estimate of drug-likeness (QED) is 0.126. The molecule has 1 aliphatic heterocycles. The van der Waals surface area contributed by atoms with Crippen molar-refractivity contribution in [2.45, 2.75) is 62.9 Å². The van der Waals surface area contributed by atoms with Crippen molar-refractivity contribution in [3.8, 4) is 0 Å². The molecule has 46 heavy (non-hydrogen) atoms. The van der Waals surface area contributed by atoms with Crippen molar-refractivity contribution in [2.24, 2.45) is 0 Å². The maximum absolute atomic E-state index is 13.8. The van der Waals surface area contributed by atoms with Crippen molar-refractivity contribution < 1.29 is 32.9 Å². The van der Waals surface area contributed by atoms with Crippen molar-refractivity contribution >= 4 is 44.6 Å². The summed E-state index contributed by atoms with van der Waals surface area (Å²) in [7, 11) is 3.84. The average molecular weight is 666 g/mol. The van der Waals surface area contributed by atoms with Gasteiger partial charge in [0.1, 0.15) is 27.7 Å². The molecule has 5 atom stereocenters.